The second-order valence-electron chi connectivity index (χ2n) is 5.51. The Bertz CT molecular complexity index is 970. The van der Waals surface area contributed by atoms with Crippen molar-refractivity contribution >= 4 is 27.5 Å². The molecule has 128 valence electrons. The van der Waals surface area contributed by atoms with Crippen molar-refractivity contribution in [1.29, 1.82) is 0 Å². The summed E-state index contributed by atoms with van der Waals surface area (Å²) in [6.45, 7) is -0.758. The number of ketones is 2. The lowest BCUT2D eigenvalue weighted by molar-refractivity contribution is -0.118. The molecule has 1 heterocycles. The smallest absolute Gasteiger partial charge is 0.245 e. The van der Waals surface area contributed by atoms with Gasteiger partial charge < -0.3 is 5.73 Å². The fraction of sp³-hybridized carbons (Fsp3) is 0.118. The first-order valence-electron chi connectivity index (χ1n) is 7.36. The van der Waals surface area contributed by atoms with Crippen LogP contribution in [-0.2, 0) is 14.8 Å². The maximum absolute atomic E-state index is 12.8. The fourth-order valence-corrected chi connectivity index (χ4v) is 4.49. The number of benzene rings is 2. The molecule has 0 radical (unpaired) electrons. The van der Waals surface area contributed by atoms with Crippen molar-refractivity contribution < 1.29 is 22.8 Å². The molecule has 0 saturated heterocycles. The van der Waals surface area contributed by atoms with E-state index in [9.17, 15) is 22.8 Å². The highest BCUT2D eigenvalue weighted by atomic mass is 32.2. The van der Waals surface area contributed by atoms with Crippen LogP contribution in [0.5, 0.6) is 0 Å². The summed E-state index contributed by atoms with van der Waals surface area (Å²) >= 11 is 0. The minimum Gasteiger partial charge on any atom is -0.369 e. The zero-order valence-corrected chi connectivity index (χ0v) is 13.8. The summed E-state index contributed by atoms with van der Waals surface area (Å²) in [6.07, 6.45) is 0. The van der Waals surface area contributed by atoms with Gasteiger partial charge in [-0.3, -0.25) is 14.4 Å². The predicted octanol–water partition coefficient (Wildman–Crippen LogP) is 0.610. The molecule has 0 spiro atoms. The summed E-state index contributed by atoms with van der Waals surface area (Å²) in [4.78, 5) is 36.8. The van der Waals surface area contributed by atoms with Gasteiger partial charge in [0, 0.05) is 11.1 Å². The molecule has 1 aliphatic rings. The highest BCUT2D eigenvalue weighted by Gasteiger charge is 2.47. The SMILES string of the molecule is NC(=O)CN1[C@H](C(=O)c2ccccc2)C(=O)c2ccccc2S1(=O)=O. The third-order valence-corrected chi connectivity index (χ3v) is 5.76. The quantitative estimate of drug-likeness (QED) is 0.635. The lowest BCUT2D eigenvalue weighted by atomic mass is 9.96. The molecule has 0 aliphatic carbocycles. The lowest BCUT2D eigenvalue weighted by Gasteiger charge is -2.33. The molecule has 0 bridgehead atoms. The summed E-state index contributed by atoms with van der Waals surface area (Å²) in [5.41, 5.74) is 5.24. The number of Topliss-reactive ketones (excluding diaryl/α,β-unsaturated/α-hetero) is 2. The minimum absolute atomic E-state index is 0.0718. The number of fused-ring (bicyclic) bond motifs is 1. The molecule has 2 aromatic rings. The van der Waals surface area contributed by atoms with Crippen molar-refractivity contribution in [3.05, 3.63) is 65.7 Å². The molecule has 2 N–H and O–H groups in total. The second-order valence-corrected chi connectivity index (χ2v) is 7.37. The van der Waals surface area contributed by atoms with E-state index in [4.69, 9.17) is 5.73 Å². The van der Waals surface area contributed by atoms with E-state index in [2.05, 4.69) is 0 Å². The van der Waals surface area contributed by atoms with Crippen LogP contribution in [0.4, 0.5) is 0 Å². The number of hydrogen-bond donors (Lipinski definition) is 1. The van der Waals surface area contributed by atoms with E-state index in [1.165, 1.54) is 36.4 Å². The Labute approximate surface area is 144 Å². The van der Waals surface area contributed by atoms with Gasteiger partial charge in [0.25, 0.3) is 0 Å². The monoisotopic (exact) mass is 358 g/mol. The number of rotatable bonds is 4. The summed E-state index contributed by atoms with van der Waals surface area (Å²) in [6, 6.07) is 11.8. The molecule has 0 fully saturated rings. The van der Waals surface area contributed by atoms with Crippen LogP contribution in [0.3, 0.4) is 0 Å². The van der Waals surface area contributed by atoms with E-state index in [0.29, 0.717) is 4.31 Å². The van der Waals surface area contributed by atoms with Crippen LogP contribution >= 0.6 is 0 Å². The van der Waals surface area contributed by atoms with E-state index in [0.717, 1.165) is 0 Å². The molecule has 0 aromatic heterocycles. The molecule has 0 saturated carbocycles. The highest BCUT2D eigenvalue weighted by molar-refractivity contribution is 7.89. The lowest BCUT2D eigenvalue weighted by Crippen LogP contribution is -2.55. The highest BCUT2D eigenvalue weighted by Crippen LogP contribution is 2.31. The zero-order chi connectivity index (χ0) is 18.2. The Hall–Kier alpha value is -2.84. The Morgan fingerprint density at radius 2 is 1.60 bits per heavy atom. The Kier molecular flexibility index (Phi) is 4.23. The van der Waals surface area contributed by atoms with Gasteiger partial charge in [0.2, 0.25) is 15.9 Å². The average Bonchev–Trinajstić information content (AvgIpc) is 2.60. The number of nitrogens with two attached hydrogens (primary N) is 1. The molecule has 1 amide bonds. The summed E-state index contributed by atoms with van der Waals surface area (Å²) < 4.78 is 26.3. The van der Waals surface area contributed by atoms with Gasteiger partial charge in [-0.1, -0.05) is 42.5 Å². The molecule has 1 atom stereocenters. The number of primary amides is 1. The van der Waals surface area contributed by atoms with E-state index in [1.54, 1.807) is 18.2 Å². The normalized spacial score (nSPS) is 19.2. The first kappa shape index (κ1) is 17.0. The molecule has 7 nitrogen and oxygen atoms in total. The van der Waals surface area contributed by atoms with Crippen LogP contribution in [0.25, 0.3) is 0 Å². The van der Waals surface area contributed by atoms with Crippen molar-refractivity contribution in [3.8, 4) is 0 Å². The van der Waals surface area contributed by atoms with E-state index in [-0.39, 0.29) is 16.0 Å². The average molecular weight is 358 g/mol. The Morgan fingerprint density at radius 3 is 2.24 bits per heavy atom. The number of amides is 1. The Morgan fingerprint density at radius 1 is 1.00 bits per heavy atom. The van der Waals surface area contributed by atoms with Crippen LogP contribution in [0, 0.1) is 0 Å². The number of carbonyl (C=O) groups is 3. The van der Waals surface area contributed by atoms with Gasteiger partial charge in [-0.2, -0.15) is 4.31 Å². The van der Waals surface area contributed by atoms with Gasteiger partial charge in [0.05, 0.1) is 11.4 Å². The summed E-state index contributed by atoms with van der Waals surface area (Å²) in [5.74, 6) is -2.34. The first-order chi connectivity index (χ1) is 11.8. The third kappa shape index (κ3) is 2.86. The number of hydrogen-bond acceptors (Lipinski definition) is 5. The largest absolute Gasteiger partial charge is 0.369 e. The third-order valence-electron chi connectivity index (χ3n) is 3.89. The molecule has 3 rings (SSSR count). The van der Waals surface area contributed by atoms with Crippen LogP contribution in [0.15, 0.2) is 59.5 Å². The maximum Gasteiger partial charge on any atom is 0.245 e. The molecule has 1 aliphatic heterocycles. The van der Waals surface area contributed by atoms with E-state index < -0.39 is 40.1 Å². The van der Waals surface area contributed by atoms with E-state index >= 15 is 0 Å². The van der Waals surface area contributed by atoms with Crippen LogP contribution in [-0.4, -0.2) is 42.8 Å². The van der Waals surface area contributed by atoms with Crippen molar-refractivity contribution in [2.24, 2.45) is 5.73 Å². The molecular weight excluding hydrogens is 344 g/mol. The number of carbonyl (C=O) groups excluding carboxylic acids is 3. The number of sulfonamides is 1. The summed E-state index contributed by atoms with van der Waals surface area (Å²) in [5, 5.41) is 0. The number of nitrogens with zero attached hydrogens (tertiary/aromatic N) is 1. The van der Waals surface area contributed by atoms with Crippen molar-refractivity contribution in [3.63, 3.8) is 0 Å². The van der Waals surface area contributed by atoms with Gasteiger partial charge >= 0.3 is 0 Å². The molecule has 8 heteroatoms. The summed E-state index contributed by atoms with van der Waals surface area (Å²) in [7, 11) is -4.22. The van der Waals surface area contributed by atoms with Gasteiger partial charge in [0.15, 0.2) is 17.6 Å². The Balaban J connectivity index is 2.20. The van der Waals surface area contributed by atoms with Gasteiger partial charge in [0.1, 0.15) is 0 Å². The van der Waals surface area contributed by atoms with Crippen molar-refractivity contribution in [2.75, 3.05) is 6.54 Å². The standard InChI is InChI=1S/C17H14N2O5S/c18-14(20)10-19-15(16(21)11-6-2-1-3-7-11)17(22)12-8-4-5-9-13(12)25(19,23)24/h1-9,15H,10H2,(H2,18,20)/t15-/m1/s1. The fourth-order valence-electron chi connectivity index (χ4n) is 2.78. The second kappa shape index (κ2) is 6.23. The molecule has 2 aromatic carbocycles. The zero-order valence-electron chi connectivity index (χ0n) is 13.0. The topological polar surface area (TPSA) is 115 Å². The van der Waals surface area contributed by atoms with Gasteiger partial charge in [-0.05, 0) is 12.1 Å². The van der Waals surface area contributed by atoms with Crippen LogP contribution in [0.2, 0.25) is 0 Å². The molecular formula is C17H14N2O5S. The van der Waals surface area contributed by atoms with Crippen LogP contribution in [0.1, 0.15) is 20.7 Å². The minimum atomic E-state index is -4.22. The van der Waals surface area contributed by atoms with Crippen LogP contribution < -0.4 is 5.73 Å². The van der Waals surface area contributed by atoms with Crippen molar-refractivity contribution in [2.45, 2.75) is 10.9 Å². The molecule has 0 unspecified atom stereocenters. The van der Waals surface area contributed by atoms with Gasteiger partial charge in [-0.15, -0.1) is 0 Å². The first-order valence-corrected chi connectivity index (χ1v) is 8.80. The van der Waals surface area contributed by atoms with E-state index in [1.807, 2.05) is 0 Å². The predicted molar refractivity (Wildman–Crippen MR) is 88.4 cm³/mol. The van der Waals surface area contributed by atoms with Gasteiger partial charge in [-0.25, -0.2) is 8.42 Å². The molecule has 25 heavy (non-hydrogen) atoms. The van der Waals surface area contributed by atoms with Crippen molar-refractivity contribution in [1.82, 2.24) is 4.31 Å². The maximum atomic E-state index is 12.8.